The second-order valence-electron chi connectivity index (χ2n) is 7.06. The molecule has 3 heterocycles. The van der Waals surface area contributed by atoms with Crippen LogP contribution in [0.1, 0.15) is 24.3 Å². The highest BCUT2D eigenvalue weighted by Crippen LogP contribution is 2.13. The summed E-state index contributed by atoms with van der Waals surface area (Å²) in [6.45, 7) is 11.6. The van der Waals surface area contributed by atoms with Crippen molar-refractivity contribution in [3.8, 4) is 0 Å². The van der Waals surface area contributed by atoms with Gasteiger partial charge in [0.05, 0.1) is 25.2 Å². The van der Waals surface area contributed by atoms with Gasteiger partial charge in [-0.3, -0.25) is 14.6 Å². The van der Waals surface area contributed by atoms with Gasteiger partial charge in [-0.1, -0.05) is 0 Å². The molecule has 1 amide bonds. The van der Waals surface area contributed by atoms with Gasteiger partial charge in [-0.25, -0.2) is 4.98 Å². The molecule has 0 saturated carbocycles. The van der Waals surface area contributed by atoms with Crippen molar-refractivity contribution in [2.24, 2.45) is 7.05 Å². The third-order valence-electron chi connectivity index (χ3n) is 5.06. The van der Waals surface area contributed by atoms with Crippen LogP contribution in [-0.2, 0) is 11.8 Å². The summed E-state index contributed by atoms with van der Waals surface area (Å²) in [4.78, 5) is 23.4. The molecule has 1 atom stereocenters. The van der Waals surface area contributed by atoms with Gasteiger partial charge in [0, 0.05) is 58.9 Å². The maximum atomic E-state index is 12.5. The first-order valence-electron chi connectivity index (χ1n) is 8.88. The number of aryl methyl sites for hydroxylation is 1. The lowest BCUT2D eigenvalue weighted by Crippen LogP contribution is -2.54. The minimum Gasteiger partial charge on any atom is -0.374 e. The molecule has 2 aliphatic heterocycles. The van der Waals surface area contributed by atoms with Crippen molar-refractivity contribution >= 4 is 5.91 Å². The van der Waals surface area contributed by atoms with E-state index in [2.05, 4.69) is 28.6 Å². The number of carbonyl (C=O) groups excluding carboxylic acids is 1. The first-order chi connectivity index (χ1) is 11.5. The molecular formula is C17H29N5O2. The highest BCUT2D eigenvalue weighted by Gasteiger charge is 2.28. The number of aromatic nitrogens is 2. The Morgan fingerprint density at radius 3 is 2.67 bits per heavy atom. The van der Waals surface area contributed by atoms with Crippen molar-refractivity contribution in [2.75, 3.05) is 52.4 Å². The van der Waals surface area contributed by atoms with Crippen LogP contribution in [0.15, 0.2) is 12.5 Å². The Balaban J connectivity index is 1.47. The van der Waals surface area contributed by atoms with E-state index < -0.39 is 0 Å². The van der Waals surface area contributed by atoms with Crippen LogP contribution in [0.5, 0.6) is 0 Å². The van der Waals surface area contributed by atoms with E-state index in [-0.39, 0.29) is 12.0 Å². The number of morpholine rings is 1. The van der Waals surface area contributed by atoms with Gasteiger partial charge in [0.1, 0.15) is 5.69 Å². The number of nitrogens with zero attached hydrogens (tertiary/aromatic N) is 5. The zero-order valence-electron chi connectivity index (χ0n) is 15.0. The topological polar surface area (TPSA) is 53.8 Å². The number of hydrogen-bond donors (Lipinski definition) is 0. The predicted molar refractivity (Wildman–Crippen MR) is 92.0 cm³/mol. The van der Waals surface area contributed by atoms with Crippen LogP contribution >= 0.6 is 0 Å². The van der Waals surface area contributed by atoms with Gasteiger partial charge in [-0.2, -0.15) is 0 Å². The van der Waals surface area contributed by atoms with Crippen LogP contribution in [-0.4, -0.2) is 94.7 Å². The molecule has 0 N–H and O–H groups in total. The molecule has 0 aliphatic carbocycles. The Bertz CT molecular complexity index is 551. The monoisotopic (exact) mass is 335 g/mol. The zero-order valence-corrected chi connectivity index (χ0v) is 15.0. The Hall–Kier alpha value is -1.44. The molecule has 0 aromatic carbocycles. The minimum absolute atomic E-state index is 0.0783. The summed E-state index contributed by atoms with van der Waals surface area (Å²) in [5, 5.41) is 0. The van der Waals surface area contributed by atoms with E-state index in [1.165, 1.54) is 0 Å². The minimum atomic E-state index is 0.0783. The van der Waals surface area contributed by atoms with Gasteiger partial charge in [0.25, 0.3) is 5.91 Å². The molecule has 1 aromatic heterocycles. The fraction of sp³-hybridized carbons (Fsp3) is 0.765. The second kappa shape index (κ2) is 7.63. The average molecular weight is 335 g/mol. The van der Waals surface area contributed by atoms with Crippen LogP contribution in [0.4, 0.5) is 0 Å². The van der Waals surface area contributed by atoms with Crippen LogP contribution in [0, 0.1) is 0 Å². The van der Waals surface area contributed by atoms with Crippen molar-refractivity contribution in [2.45, 2.75) is 26.0 Å². The fourth-order valence-corrected chi connectivity index (χ4v) is 3.47. The molecule has 3 rings (SSSR count). The van der Waals surface area contributed by atoms with Crippen LogP contribution in [0.2, 0.25) is 0 Å². The number of amides is 1. The van der Waals surface area contributed by atoms with E-state index in [1.54, 1.807) is 17.1 Å². The molecule has 1 unspecified atom stereocenters. The van der Waals surface area contributed by atoms with Gasteiger partial charge in [-0.15, -0.1) is 0 Å². The number of imidazole rings is 1. The normalized spacial score (nSPS) is 23.8. The van der Waals surface area contributed by atoms with Crippen molar-refractivity contribution in [1.82, 2.24) is 24.3 Å². The van der Waals surface area contributed by atoms with Gasteiger partial charge in [0.15, 0.2) is 0 Å². The lowest BCUT2D eigenvalue weighted by atomic mass is 10.2. The highest BCUT2D eigenvalue weighted by atomic mass is 16.5. The van der Waals surface area contributed by atoms with Crippen molar-refractivity contribution in [3.05, 3.63) is 18.2 Å². The second-order valence-corrected chi connectivity index (χ2v) is 7.06. The Labute approximate surface area is 144 Å². The maximum Gasteiger partial charge on any atom is 0.272 e. The van der Waals surface area contributed by atoms with E-state index in [0.29, 0.717) is 11.7 Å². The largest absolute Gasteiger partial charge is 0.374 e. The average Bonchev–Trinajstić information content (AvgIpc) is 3.01. The molecule has 2 fully saturated rings. The number of hydrogen-bond acceptors (Lipinski definition) is 5. The molecule has 1 aromatic rings. The Morgan fingerprint density at radius 2 is 2.04 bits per heavy atom. The molecular weight excluding hydrogens is 306 g/mol. The fourth-order valence-electron chi connectivity index (χ4n) is 3.47. The van der Waals surface area contributed by atoms with Gasteiger partial charge < -0.3 is 14.2 Å². The smallest absolute Gasteiger partial charge is 0.272 e. The summed E-state index contributed by atoms with van der Waals surface area (Å²) in [5.74, 6) is 0.0783. The van der Waals surface area contributed by atoms with Gasteiger partial charge >= 0.3 is 0 Å². The summed E-state index contributed by atoms with van der Waals surface area (Å²) in [5.41, 5.74) is 0.659. The van der Waals surface area contributed by atoms with Crippen LogP contribution in [0.3, 0.4) is 0 Å². The summed E-state index contributed by atoms with van der Waals surface area (Å²) in [6.07, 6.45) is 3.59. The molecule has 7 heteroatoms. The standard InChI is InChI=1S/C17H29N5O2/c1-14(2)22-8-9-24-15(12-22)11-20-4-6-21(7-5-20)17(23)16-10-18-13-19(16)3/h10,13-15H,4-9,11-12H2,1-3H3. The van der Waals surface area contributed by atoms with Crippen LogP contribution in [0.25, 0.3) is 0 Å². The summed E-state index contributed by atoms with van der Waals surface area (Å²) < 4.78 is 7.72. The molecule has 7 nitrogen and oxygen atoms in total. The molecule has 24 heavy (non-hydrogen) atoms. The molecule has 2 saturated heterocycles. The van der Waals surface area contributed by atoms with Crippen molar-refractivity contribution < 1.29 is 9.53 Å². The van der Waals surface area contributed by atoms with Crippen LogP contribution < -0.4 is 0 Å². The third-order valence-corrected chi connectivity index (χ3v) is 5.06. The Kier molecular flexibility index (Phi) is 5.53. The molecule has 134 valence electrons. The summed E-state index contributed by atoms with van der Waals surface area (Å²) in [6, 6.07) is 0.574. The number of piperazine rings is 1. The SMILES string of the molecule is CC(C)N1CCOC(CN2CCN(C(=O)c3cncn3C)CC2)C1. The number of carbonyl (C=O) groups is 1. The van der Waals surface area contributed by atoms with Gasteiger partial charge in [0.2, 0.25) is 0 Å². The first kappa shape index (κ1) is 17.4. The summed E-state index contributed by atoms with van der Waals surface area (Å²) >= 11 is 0. The number of ether oxygens (including phenoxy) is 1. The molecule has 0 bridgehead atoms. The van der Waals surface area contributed by atoms with E-state index in [0.717, 1.165) is 52.4 Å². The number of rotatable bonds is 4. The van der Waals surface area contributed by atoms with Crippen molar-refractivity contribution in [1.29, 1.82) is 0 Å². The van der Waals surface area contributed by atoms with E-state index in [9.17, 15) is 4.79 Å². The zero-order chi connectivity index (χ0) is 17.1. The molecule has 0 radical (unpaired) electrons. The predicted octanol–water partition coefficient (Wildman–Crippen LogP) is 0.287. The van der Waals surface area contributed by atoms with Gasteiger partial charge in [-0.05, 0) is 13.8 Å². The lowest BCUT2D eigenvalue weighted by Gasteiger charge is -2.40. The van der Waals surface area contributed by atoms with E-state index in [1.807, 2.05) is 11.9 Å². The van der Waals surface area contributed by atoms with E-state index >= 15 is 0 Å². The Morgan fingerprint density at radius 1 is 1.29 bits per heavy atom. The quantitative estimate of drug-likeness (QED) is 0.791. The molecule has 2 aliphatic rings. The van der Waals surface area contributed by atoms with Crippen molar-refractivity contribution in [3.63, 3.8) is 0 Å². The maximum absolute atomic E-state index is 12.5. The third kappa shape index (κ3) is 3.96. The first-order valence-corrected chi connectivity index (χ1v) is 8.88. The highest BCUT2D eigenvalue weighted by molar-refractivity contribution is 5.92. The molecule has 0 spiro atoms. The summed E-state index contributed by atoms with van der Waals surface area (Å²) in [7, 11) is 1.86. The lowest BCUT2D eigenvalue weighted by molar-refractivity contribution is -0.0555. The van der Waals surface area contributed by atoms with E-state index in [4.69, 9.17) is 4.74 Å².